The Labute approximate surface area is 182 Å². The molecule has 2 aromatic carbocycles. The number of amides is 1. The second-order valence-corrected chi connectivity index (χ2v) is 7.36. The first-order valence-electron chi connectivity index (χ1n) is 9.93. The van der Waals surface area contributed by atoms with Gasteiger partial charge in [0.05, 0.1) is 0 Å². The Kier molecular flexibility index (Phi) is 7.42. The molecule has 2 N–H and O–H groups in total. The summed E-state index contributed by atoms with van der Waals surface area (Å²) in [5.74, 6) is -2.20. The molecule has 1 atom stereocenters. The molecule has 0 saturated carbocycles. The van der Waals surface area contributed by atoms with Gasteiger partial charge >= 0.3 is 12.1 Å². The average Bonchev–Trinajstić information content (AvgIpc) is 3.14. The molecule has 1 unspecified atom stereocenters. The minimum Gasteiger partial charge on any atom is -0.475 e. The van der Waals surface area contributed by atoms with E-state index in [1.54, 1.807) is 0 Å². The predicted molar refractivity (Wildman–Crippen MR) is 114 cm³/mol. The highest BCUT2D eigenvalue weighted by Gasteiger charge is 2.38. The molecule has 32 heavy (non-hydrogen) atoms. The van der Waals surface area contributed by atoms with Crippen LogP contribution in [0, 0.1) is 5.92 Å². The minimum atomic E-state index is -5.08. The number of para-hydroxylation sites is 1. The largest absolute Gasteiger partial charge is 0.490 e. The van der Waals surface area contributed by atoms with Crippen molar-refractivity contribution in [3.63, 3.8) is 0 Å². The maximum Gasteiger partial charge on any atom is 0.490 e. The first-order chi connectivity index (χ1) is 15.3. The molecule has 1 aliphatic rings. The number of carbonyl (C=O) groups excluding carboxylic acids is 1. The molecule has 168 valence electrons. The van der Waals surface area contributed by atoms with Crippen LogP contribution in [0.4, 0.5) is 18.9 Å². The van der Waals surface area contributed by atoms with E-state index in [1.807, 2.05) is 53.7 Å². The number of carboxylic acid groups (broad SMARTS) is 1. The summed E-state index contributed by atoms with van der Waals surface area (Å²) in [7, 11) is 0. The first kappa shape index (κ1) is 23.2. The van der Waals surface area contributed by atoms with Crippen molar-refractivity contribution in [2.75, 3.05) is 18.0 Å². The number of carboxylic acids is 1. The van der Waals surface area contributed by atoms with Crippen LogP contribution < -0.4 is 10.2 Å². The maximum absolute atomic E-state index is 12.3. The summed E-state index contributed by atoms with van der Waals surface area (Å²) in [6.45, 7) is 2.38. The SMILES string of the molecule is O=C(O)C(F)(F)F.O=C1CC(CNCc2cncc3ccccc23)CN1c1ccccc1. The number of aliphatic carboxylic acids is 1. The average molecular weight is 445 g/mol. The third-order valence-electron chi connectivity index (χ3n) is 5.01. The van der Waals surface area contributed by atoms with Crippen LogP contribution in [0.15, 0.2) is 67.0 Å². The van der Waals surface area contributed by atoms with Crippen molar-refractivity contribution in [2.24, 2.45) is 5.92 Å². The number of pyridine rings is 1. The second kappa shape index (κ2) is 10.2. The van der Waals surface area contributed by atoms with Gasteiger partial charge in [-0.25, -0.2) is 4.79 Å². The summed E-state index contributed by atoms with van der Waals surface area (Å²) in [6, 6.07) is 18.2. The molecule has 0 radical (unpaired) electrons. The van der Waals surface area contributed by atoms with Crippen LogP contribution in [0.5, 0.6) is 0 Å². The number of hydrogen-bond donors (Lipinski definition) is 2. The lowest BCUT2D eigenvalue weighted by molar-refractivity contribution is -0.192. The van der Waals surface area contributed by atoms with Crippen molar-refractivity contribution in [1.29, 1.82) is 0 Å². The Morgan fingerprint density at radius 2 is 1.75 bits per heavy atom. The molecule has 1 saturated heterocycles. The van der Waals surface area contributed by atoms with Gasteiger partial charge in [-0.3, -0.25) is 9.78 Å². The molecule has 3 aromatic rings. The number of nitrogens with one attached hydrogen (secondary N) is 1. The van der Waals surface area contributed by atoms with Crippen LogP contribution in [0.25, 0.3) is 10.8 Å². The van der Waals surface area contributed by atoms with Gasteiger partial charge in [-0.05, 0) is 29.0 Å². The molecule has 1 aliphatic heterocycles. The molecule has 4 rings (SSSR count). The number of rotatable bonds is 5. The Balaban J connectivity index is 0.000000360. The number of carbonyl (C=O) groups is 2. The normalized spacial score (nSPS) is 16.0. The third-order valence-corrected chi connectivity index (χ3v) is 5.01. The molecule has 1 aromatic heterocycles. The number of halogens is 3. The lowest BCUT2D eigenvalue weighted by Gasteiger charge is -2.17. The summed E-state index contributed by atoms with van der Waals surface area (Å²) in [5, 5.41) is 13.0. The van der Waals surface area contributed by atoms with Gasteiger partial charge in [0.15, 0.2) is 0 Å². The van der Waals surface area contributed by atoms with E-state index in [-0.39, 0.29) is 5.91 Å². The van der Waals surface area contributed by atoms with E-state index >= 15 is 0 Å². The zero-order chi connectivity index (χ0) is 23.1. The van der Waals surface area contributed by atoms with E-state index in [0.717, 1.165) is 30.7 Å². The maximum atomic E-state index is 12.3. The smallest absolute Gasteiger partial charge is 0.475 e. The molecule has 1 amide bonds. The number of fused-ring (bicyclic) bond motifs is 1. The van der Waals surface area contributed by atoms with Gasteiger partial charge in [-0.15, -0.1) is 0 Å². The van der Waals surface area contributed by atoms with Crippen LogP contribution >= 0.6 is 0 Å². The van der Waals surface area contributed by atoms with Crippen LogP contribution in [0.1, 0.15) is 12.0 Å². The number of nitrogens with zero attached hydrogens (tertiary/aromatic N) is 2. The van der Waals surface area contributed by atoms with E-state index in [1.165, 1.54) is 10.9 Å². The van der Waals surface area contributed by atoms with E-state index in [0.29, 0.717) is 12.3 Å². The Hall–Kier alpha value is -3.46. The number of alkyl halides is 3. The van der Waals surface area contributed by atoms with Crippen LogP contribution in [-0.4, -0.2) is 41.2 Å². The third kappa shape index (κ3) is 6.04. The van der Waals surface area contributed by atoms with E-state index < -0.39 is 12.1 Å². The fourth-order valence-corrected chi connectivity index (χ4v) is 3.51. The molecule has 2 heterocycles. The van der Waals surface area contributed by atoms with Gasteiger partial charge in [0.25, 0.3) is 0 Å². The summed E-state index contributed by atoms with van der Waals surface area (Å²) < 4.78 is 31.7. The van der Waals surface area contributed by atoms with E-state index in [2.05, 4.69) is 28.5 Å². The summed E-state index contributed by atoms with van der Waals surface area (Å²) in [4.78, 5) is 27.4. The van der Waals surface area contributed by atoms with Crippen LogP contribution in [0.2, 0.25) is 0 Å². The monoisotopic (exact) mass is 445 g/mol. The number of anilines is 1. The Morgan fingerprint density at radius 3 is 2.44 bits per heavy atom. The quantitative estimate of drug-likeness (QED) is 0.620. The summed E-state index contributed by atoms with van der Waals surface area (Å²) in [5.41, 5.74) is 2.19. The van der Waals surface area contributed by atoms with Gasteiger partial charge in [0.2, 0.25) is 5.91 Å². The minimum absolute atomic E-state index is 0.213. The lowest BCUT2D eigenvalue weighted by atomic mass is 10.1. The topological polar surface area (TPSA) is 82.5 Å². The number of hydrogen-bond acceptors (Lipinski definition) is 4. The van der Waals surface area contributed by atoms with Crippen molar-refractivity contribution in [1.82, 2.24) is 10.3 Å². The van der Waals surface area contributed by atoms with Crippen molar-refractivity contribution < 1.29 is 27.9 Å². The van der Waals surface area contributed by atoms with Crippen LogP contribution in [-0.2, 0) is 16.1 Å². The molecule has 0 spiro atoms. The van der Waals surface area contributed by atoms with Gasteiger partial charge in [0, 0.05) is 49.5 Å². The molecule has 0 aliphatic carbocycles. The van der Waals surface area contributed by atoms with Gasteiger partial charge < -0.3 is 15.3 Å². The fourth-order valence-electron chi connectivity index (χ4n) is 3.51. The molecule has 6 nitrogen and oxygen atoms in total. The van der Waals surface area contributed by atoms with Crippen LogP contribution in [0.3, 0.4) is 0 Å². The van der Waals surface area contributed by atoms with E-state index in [9.17, 15) is 18.0 Å². The molecular weight excluding hydrogens is 423 g/mol. The standard InChI is InChI=1S/C21H21N3O.C2HF3O2/c25-21-10-16(15-24(21)19-7-2-1-3-8-19)11-22-13-18-14-23-12-17-6-4-5-9-20(17)18;3-2(4,5)1(6)7/h1-9,12,14,16,22H,10-11,13,15H2;(H,6,7). The van der Waals surface area contributed by atoms with Crippen molar-refractivity contribution >= 4 is 28.3 Å². The zero-order valence-electron chi connectivity index (χ0n) is 17.0. The summed E-state index contributed by atoms with van der Waals surface area (Å²) >= 11 is 0. The number of benzene rings is 2. The highest BCUT2D eigenvalue weighted by molar-refractivity contribution is 5.95. The van der Waals surface area contributed by atoms with Gasteiger partial charge in [-0.1, -0.05) is 42.5 Å². The van der Waals surface area contributed by atoms with Crippen molar-refractivity contribution in [3.05, 3.63) is 72.6 Å². The Bertz CT molecular complexity index is 1070. The Morgan fingerprint density at radius 1 is 1.09 bits per heavy atom. The molecule has 9 heteroatoms. The zero-order valence-corrected chi connectivity index (χ0v) is 17.0. The first-order valence-corrected chi connectivity index (χ1v) is 9.93. The van der Waals surface area contributed by atoms with Crippen molar-refractivity contribution in [3.8, 4) is 0 Å². The highest BCUT2D eigenvalue weighted by atomic mass is 19.4. The van der Waals surface area contributed by atoms with Gasteiger partial charge in [0.1, 0.15) is 0 Å². The van der Waals surface area contributed by atoms with E-state index in [4.69, 9.17) is 9.90 Å². The molecule has 0 bridgehead atoms. The predicted octanol–water partition coefficient (Wildman–Crippen LogP) is 4.01. The summed E-state index contributed by atoms with van der Waals surface area (Å²) in [6.07, 6.45) is -0.659. The highest BCUT2D eigenvalue weighted by Crippen LogP contribution is 2.24. The second-order valence-electron chi connectivity index (χ2n) is 7.36. The van der Waals surface area contributed by atoms with Crippen molar-refractivity contribution in [2.45, 2.75) is 19.1 Å². The molecular formula is C23H22F3N3O3. The number of aromatic nitrogens is 1. The van der Waals surface area contributed by atoms with Gasteiger partial charge in [-0.2, -0.15) is 13.2 Å². The lowest BCUT2D eigenvalue weighted by Crippen LogP contribution is -2.27. The molecule has 1 fully saturated rings. The fraction of sp³-hybridized carbons (Fsp3) is 0.261.